The number of nitrogens with zero attached hydrogens (tertiary/aromatic N) is 1. The van der Waals surface area contributed by atoms with Gasteiger partial charge >= 0.3 is 6.36 Å². The van der Waals surface area contributed by atoms with Crippen molar-refractivity contribution in [3.05, 3.63) is 29.5 Å². The summed E-state index contributed by atoms with van der Waals surface area (Å²) in [6, 6.07) is 4.34. The standard InChI is InChI=1S/C13H13F3N2O/c1-3-8-7(2)18-12-9(11(8)17)5-4-6-10(12)19-13(14,15)16/h4-6H,3H2,1-2H3,(H2,17,18). The van der Waals surface area contributed by atoms with Crippen LogP contribution in [0.3, 0.4) is 0 Å². The van der Waals surface area contributed by atoms with Crippen molar-refractivity contribution in [3.63, 3.8) is 0 Å². The van der Waals surface area contributed by atoms with Gasteiger partial charge in [-0.05, 0) is 25.0 Å². The number of hydrogen-bond donors (Lipinski definition) is 1. The van der Waals surface area contributed by atoms with Gasteiger partial charge in [0.15, 0.2) is 5.75 Å². The van der Waals surface area contributed by atoms with E-state index in [0.717, 1.165) is 5.56 Å². The number of fused-ring (bicyclic) bond motifs is 1. The molecule has 0 amide bonds. The van der Waals surface area contributed by atoms with E-state index in [1.165, 1.54) is 12.1 Å². The number of alkyl halides is 3. The molecular formula is C13H13F3N2O. The Bertz CT molecular complexity index is 623. The highest BCUT2D eigenvalue weighted by molar-refractivity contribution is 5.95. The van der Waals surface area contributed by atoms with E-state index in [4.69, 9.17) is 5.73 Å². The van der Waals surface area contributed by atoms with E-state index in [-0.39, 0.29) is 11.3 Å². The Balaban J connectivity index is 2.70. The SMILES string of the molecule is CCc1c(C)nc2c(OC(F)(F)F)cccc2c1N. The molecule has 0 unspecified atom stereocenters. The van der Waals surface area contributed by atoms with E-state index in [2.05, 4.69) is 9.72 Å². The molecule has 0 atom stereocenters. The van der Waals surface area contributed by atoms with E-state index >= 15 is 0 Å². The molecule has 102 valence electrons. The second kappa shape index (κ2) is 4.60. The molecule has 0 aliphatic rings. The number of halogens is 3. The molecular weight excluding hydrogens is 257 g/mol. The minimum Gasteiger partial charge on any atom is -0.403 e. The molecule has 0 fully saturated rings. The molecule has 1 heterocycles. The zero-order valence-corrected chi connectivity index (χ0v) is 10.5. The molecule has 0 spiro atoms. The van der Waals surface area contributed by atoms with Crippen LogP contribution in [0.1, 0.15) is 18.2 Å². The van der Waals surface area contributed by atoms with Crippen LogP contribution in [0.25, 0.3) is 10.9 Å². The third kappa shape index (κ3) is 2.57. The molecule has 2 rings (SSSR count). The molecule has 0 saturated heterocycles. The third-order valence-electron chi connectivity index (χ3n) is 2.91. The first-order valence-corrected chi connectivity index (χ1v) is 5.77. The average molecular weight is 270 g/mol. The first-order chi connectivity index (χ1) is 8.83. The Morgan fingerprint density at radius 2 is 2.00 bits per heavy atom. The van der Waals surface area contributed by atoms with Crippen LogP contribution in [0.5, 0.6) is 5.75 Å². The van der Waals surface area contributed by atoms with E-state index in [9.17, 15) is 13.2 Å². The summed E-state index contributed by atoms with van der Waals surface area (Å²) in [5.74, 6) is -0.331. The van der Waals surface area contributed by atoms with Crippen molar-refractivity contribution in [2.24, 2.45) is 0 Å². The molecule has 6 heteroatoms. The highest BCUT2D eigenvalue weighted by atomic mass is 19.4. The minimum absolute atomic E-state index is 0.132. The molecule has 2 N–H and O–H groups in total. The maximum atomic E-state index is 12.3. The number of rotatable bonds is 2. The first kappa shape index (κ1) is 13.5. The van der Waals surface area contributed by atoms with Crippen LogP contribution < -0.4 is 10.5 Å². The summed E-state index contributed by atoms with van der Waals surface area (Å²) in [6.07, 6.45) is -4.08. The smallest absolute Gasteiger partial charge is 0.403 e. The number of hydrogen-bond acceptors (Lipinski definition) is 3. The number of ether oxygens (including phenoxy) is 1. The van der Waals surface area contributed by atoms with Crippen LogP contribution in [-0.2, 0) is 6.42 Å². The predicted octanol–water partition coefficient (Wildman–Crippen LogP) is 3.59. The molecule has 2 aromatic rings. The lowest BCUT2D eigenvalue weighted by Crippen LogP contribution is -2.17. The van der Waals surface area contributed by atoms with Crippen molar-refractivity contribution in [2.75, 3.05) is 5.73 Å². The van der Waals surface area contributed by atoms with Crippen LogP contribution >= 0.6 is 0 Å². The Morgan fingerprint density at radius 1 is 1.32 bits per heavy atom. The molecule has 0 radical (unpaired) electrons. The summed E-state index contributed by atoms with van der Waals surface area (Å²) in [6.45, 7) is 3.64. The van der Waals surface area contributed by atoms with Gasteiger partial charge in [-0.3, -0.25) is 0 Å². The highest BCUT2D eigenvalue weighted by Gasteiger charge is 2.32. The fourth-order valence-corrected chi connectivity index (χ4v) is 2.10. The zero-order chi connectivity index (χ0) is 14.2. The van der Waals surface area contributed by atoms with Gasteiger partial charge in [-0.2, -0.15) is 0 Å². The van der Waals surface area contributed by atoms with Gasteiger partial charge in [0.2, 0.25) is 0 Å². The highest BCUT2D eigenvalue weighted by Crippen LogP contribution is 2.34. The normalized spacial score (nSPS) is 11.8. The second-order valence-electron chi connectivity index (χ2n) is 4.14. The molecule has 1 aromatic heterocycles. The quantitative estimate of drug-likeness (QED) is 0.907. The summed E-state index contributed by atoms with van der Waals surface area (Å²) in [5, 5.41) is 0.476. The van der Waals surface area contributed by atoms with E-state index in [1.54, 1.807) is 13.0 Å². The minimum atomic E-state index is -4.75. The van der Waals surface area contributed by atoms with Gasteiger partial charge in [0.1, 0.15) is 5.52 Å². The monoisotopic (exact) mass is 270 g/mol. The number of para-hydroxylation sites is 1. The van der Waals surface area contributed by atoms with Crippen molar-refractivity contribution in [2.45, 2.75) is 26.6 Å². The molecule has 0 saturated carbocycles. The first-order valence-electron chi connectivity index (χ1n) is 5.77. The number of anilines is 1. The lowest BCUT2D eigenvalue weighted by molar-refractivity contribution is -0.274. The van der Waals surface area contributed by atoms with Crippen molar-refractivity contribution < 1.29 is 17.9 Å². The maximum Gasteiger partial charge on any atom is 0.573 e. The lowest BCUT2D eigenvalue weighted by atomic mass is 10.0. The number of pyridine rings is 1. The molecule has 0 aliphatic carbocycles. The summed E-state index contributed by atoms with van der Waals surface area (Å²) >= 11 is 0. The van der Waals surface area contributed by atoms with Crippen molar-refractivity contribution in [1.82, 2.24) is 4.98 Å². The molecule has 3 nitrogen and oxygen atoms in total. The Hall–Kier alpha value is -1.98. The van der Waals surface area contributed by atoms with E-state index < -0.39 is 6.36 Å². The van der Waals surface area contributed by atoms with Crippen molar-refractivity contribution in [1.29, 1.82) is 0 Å². The van der Waals surface area contributed by atoms with Gasteiger partial charge in [-0.1, -0.05) is 19.1 Å². The summed E-state index contributed by atoms with van der Waals surface area (Å²) in [7, 11) is 0. The summed E-state index contributed by atoms with van der Waals surface area (Å²) < 4.78 is 41.0. The number of nitrogens with two attached hydrogens (primary N) is 1. The Morgan fingerprint density at radius 3 is 2.58 bits per heavy atom. The third-order valence-corrected chi connectivity index (χ3v) is 2.91. The predicted molar refractivity (Wildman–Crippen MR) is 67.0 cm³/mol. The fourth-order valence-electron chi connectivity index (χ4n) is 2.10. The van der Waals surface area contributed by atoms with Gasteiger partial charge in [-0.15, -0.1) is 13.2 Å². The summed E-state index contributed by atoms with van der Waals surface area (Å²) in [5.41, 5.74) is 8.03. The van der Waals surface area contributed by atoms with Crippen LogP contribution in [0.2, 0.25) is 0 Å². The van der Waals surface area contributed by atoms with E-state index in [1.807, 2.05) is 6.92 Å². The van der Waals surface area contributed by atoms with Crippen LogP contribution in [-0.4, -0.2) is 11.3 Å². The molecule has 19 heavy (non-hydrogen) atoms. The lowest BCUT2D eigenvalue weighted by Gasteiger charge is -2.14. The van der Waals surface area contributed by atoms with Crippen LogP contribution in [0.4, 0.5) is 18.9 Å². The zero-order valence-electron chi connectivity index (χ0n) is 10.5. The second-order valence-corrected chi connectivity index (χ2v) is 4.14. The molecule has 0 aliphatic heterocycles. The molecule has 0 bridgehead atoms. The largest absolute Gasteiger partial charge is 0.573 e. The van der Waals surface area contributed by atoms with Crippen molar-refractivity contribution in [3.8, 4) is 5.75 Å². The van der Waals surface area contributed by atoms with Gasteiger partial charge < -0.3 is 10.5 Å². The van der Waals surface area contributed by atoms with Crippen molar-refractivity contribution >= 4 is 16.6 Å². The number of nitrogen functional groups attached to an aromatic ring is 1. The number of benzene rings is 1. The summed E-state index contributed by atoms with van der Waals surface area (Å²) in [4.78, 5) is 4.19. The fraction of sp³-hybridized carbons (Fsp3) is 0.308. The molecule has 1 aromatic carbocycles. The van der Waals surface area contributed by atoms with Gasteiger partial charge in [0, 0.05) is 16.8 Å². The van der Waals surface area contributed by atoms with E-state index in [0.29, 0.717) is 23.2 Å². The average Bonchev–Trinajstić information content (AvgIpc) is 2.29. The maximum absolute atomic E-state index is 12.3. The number of aryl methyl sites for hydroxylation is 1. The van der Waals surface area contributed by atoms with Gasteiger partial charge in [-0.25, -0.2) is 4.98 Å². The van der Waals surface area contributed by atoms with Crippen LogP contribution in [0.15, 0.2) is 18.2 Å². The topological polar surface area (TPSA) is 48.1 Å². The van der Waals surface area contributed by atoms with Crippen LogP contribution in [0, 0.1) is 6.92 Å². The van der Waals surface area contributed by atoms with Gasteiger partial charge in [0.05, 0.1) is 0 Å². The Labute approximate surface area is 108 Å². The Kier molecular flexibility index (Phi) is 3.26. The van der Waals surface area contributed by atoms with Gasteiger partial charge in [0.25, 0.3) is 0 Å². The number of aromatic nitrogens is 1.